The topological polar surface area (TPSA) is 105 Å². The molecular formula is C27H39N3O6S. The third-order valence-corrected chi connectivity index (χ3v) is 6.96. The van der Waals surface area contributed by atoms with Crippen LogP contribution in [0.3, 0.4) is 0 Å². The van der Waals surface area contributed by atoms with Gasteiger partial charge in [-0.3, -0.25) is 13.9 Å². The largest absolute Gasteiger partial charge is 0.497 e. The van der Waals surface area contributed by atoms with E-state index in [1.165, 1.54) is 4.90 Å². The number of anilines is 1. The first-order chi connectivity index (χ1) is 17.6. The van der Waals surface area contributed by atoms with Crippen molar-refractivity contribution in [2.75, 3.05) is 37.4 Å². The number of hydrogen-bond donors (Lipinski definition) is 1. The number of ether oxygens (including phenoxy) is 2. The zero-order valence-electron chi connectivity index (χ0n) is 22.4. The molecule has 204 valence electrons. The zero-order valence-corrected chi connectivity index (χ0v) is 23.2. The summed E-state index contributed by atoms with van der Waals surface area (Å²) in [5, 5.41) is 2.91. The SMILES string of the molecule is CCCCNC(=O)[C@H](CC)N(Cc1cccc(OC)c1)C(=O)CN(c1ccc(OCC)cc1)S(C)(=O)=O. The van der Waals surface area contributed by atoms with E-state index < -0.39 is 28.5 Å². The Morgan fingerprint density at radius 2 is 1.73 bits per heavy atom. The average molecular weight is 534 g/mol. The first-order valence-electron chi connectivity index (χ1n) is 12.5. The lowest BCUT2D eigenvalue weighted by molar-refractivity contribution is -0.140. The molecule has 0 heterocycles. The van der Waals surface area contributed by atoms with E-state index >= 15 is 0 Å². The molecule has 37 heavy (non-hydrogen) atoms. The molecule has 0 saturated carbocycles. The van der Waals surface area contributed by atoms with E-state index in [2.05, 4.69) is 5.32 Å². The van der Waals surface area contributed by atoms with E-state index in [9.17, 15) is 18.0 Å². The van der Waals surface area contributed by atoms with E-state index in [0.717, 1.165) is 29.0 Å². The first kappa shape index (κ1) is 30.0. The lowest BCUT2D eigenvalue weighted by atomic mass is 10.1. The number of carbonyl (C=O) groups excluding carboxylic acids is 2. The van der Waals surface area contributed by atoms with Crippen LogP contribution in [0.2, 0.25) is 0 Å². The summed E-state index contributed by atoms with van der Waals surface area (Å²) in [6.07, 6.45) is 3.17. The lowest BCUT2D eigenvalue weighted by Gasteiger charge is -2.33. The van der Waals surface area contributed by atoms with Crippen LogP contribution in [0.4, 0.5) is 5.69 Å². The number of sulfonamides is 1. The molecule has 0 radical (unpaired) electrons. The van der Waals surface area contributed by atoms with Gasteiger partial charge in [0.25, 0.3) is 0 Å². The van der Waals surface area contributed by atoms with E-state index in [1.54, 1.807) is 43.5 Å². The number of nitrogens with zero attached hydrogens (tertiary/aromatic N) is 2. The van der Waals surface area contributed by atoms with Gasteiger partial charge in [-0.2, -0.15) is 0 Å². The van der Waals surface area contributed by atoms with Gasteiger partial charge >= 0.3 is 0 Å². The van der Waals surface area contributed by atoms with Crippen LogP contribution >= 0.6 is 0 Å². The molecule has 1 atom stereocenters. The molecule has 0 spiro atoms. The molecule has 10 heteroatoms. The van der Waals surface area contributed by atoms with Gasteiger partial charge < -0.3 is 19.7 Å². The van der Waals surface area contributed by atoms with Crippen molar-refractivity contribution in [3.63, 3.8) is 0 Å². The van der Waals surface area contributed by atoms with Crippen molar-refractivity contribution in [3.05, 3.63) is 54.1 Å². The van der Waals surface area contributed by atoms with Gasteiger partial charge in [0.15, 0.2) is 0 Å². The van der Waals surface area contributed by atoms with E-state index in [0.29, 0.717) is 36.8 Å². The van der Waals surface area contributed by atoms with Crippen LogP contribution in [0.15, 0.2) is 48.5 Å². The highest BCUT2D eigenvalue weighted by Gasteiger charge is 2.31. The summed E-state index contributed by atoms with van der Waals surface area (Å²) < 4.78 is 37.2. The molecule has 0 aliphatic heterocycles. The van der Waals surface area contributed by atoms with Crippen molar-refractivity contribution in [2.24, 2.45) is 0 Å². The van der Waals surface area contributed by atoms with Crippen LogP contribution in [0.25, 0.3) is 0 Å². The van der Waals surface area contributed by atoms with Crippen molar-refractivity contribution in [3.8, 4) is 11.5 Å². The molecule has 0 fully saturated rings. The number of methoxy groups -OCH3 is 1. The van der Waals surface area contributed by atoms with Crippen molar-refractivity contribution < 1.29 is 27.5 Å². The standard InChI is InChI=1S/C27H39N3O6S/c1-6-9-17-28-27(32)25(7-2)29(19-21-11-10-12-24(18-21)35-4)26(31)20-30(37(5,33)34)22-13-15-23(16-14-22)36-8-3/h10-16,18,25H,6-9,17,19-20H2,1-5H3,(H,28,32)/t25-/m0/s1. The maximum Gasteiger partial charge on any atom is 0.244 e. The quantitative estimate of drug-likeness (QED) is 0.351. The summed E-state index contributed by atoms with van der Waals surface area (Å²) in [5.41, 5.74) is 1.10. The minimum atomic E-state index is -3.80. The Morgan fingerprint density at radius 3 is 2.30 bits per heavy atom. The van der Waals surface area contributed by atoms with E-state index in [1.807, 2.05) is 32.9 Å². The molecule has 0 bridgehead atoms. The molecule has 9 nitrogen and oxygen atoms in total. The first-order valence-corrected chi connectivity index (χ1v) is 14.4. The van der Waals surface area contributed by atoms with Crippen molar-refractivity contribution in [2.45, 2.75) is 52.6 Å². The third-order valence-electron chi connectivity index (χ3n) is 5.82. The smallest absolute Gasteiger partial charge is 0.244 e. The molecule has 2 aromatic carbocycles. The maximum atomic E-state index is 13.7. The number of benzene rings is 2. The zero-order chi connectivity index (χ0) is 27.4. The Labute approximate surface area is 220 Å². The van der Waals surface area contributed by atoms with Gasteiger partial charge in [-0.15, -0.1) is 0 Å². The summed E-state index contributed by atoms with van der Waals surface area (Å²) in [6.45, 7) is 6.38. The molecule has 2 aromatic rings. The second-order valence-electron chi connectivity index (χ2n) is 8.64. The Hall–Kier alpha value is -3.27. The normalized spacial score (nSPS) is 11.9. The number of rotatable bonds is 15. The molecular weight excluding hydrogens is 494 g/mol. The fourth-order valence-corrected chi connectivity index (χ4v) is 4.73. The summed E-state index contributed by atoms with van der Waals surface area (Å²) in [7, 11) is -2.25. The highest BCUT2D eigenvalue weighted by atomic mass is 32.2. The van der Waals surface area contributed by atoms with Gasteiger partial charge in [0.2, 0.25) is 21.8 Å². The molecule has 0 saturated heterocycles. The van der Waals surface area contributed by atoms with Crippen LogP contribution in [0.1, 0.15) is 45.6 Å². The Kier molecular flexibility index (Phi) is 11.7. The Morgan fingerprint density at radius 1 is 1.03 bits per heavy atom. The van der Waals surface area contributed by atoms with Crippen LogP contribution in [0, 0.1) is 0 Å². The molecule has 0 aromatic heterocycles. The fraction of sp³-hybridized carbons (Fsp3) is 0.481. The average Bonchev–Trinajstić information content (AvgIpc) is 2.87. The predicted molar refractivity (Wildman–Crippen MR) is 145 cm³/mol. The fourth-order valence-electron chi connectivity index (χ4n) is 3.88. The van der Waals surface area contributed by atoms with Crippen molar-refractivity contribution >= 4 is 27.5 Å². The van der Waals surface area contributed by atoms with Gasteiger partial charge in [0.05, 0.1) is 25.7 Å². The lowest BCUT2D eigenvalue weighted by Crippen LogP contribution is -2.52. The predicted octanol–water partition coefficient (Wildman–Crippen LogP) is 3.58. The second kappa shape index (κ2) is 14.5. The third kappa shape index (κ3) is 8.96. The van der Waals surface area contributed by atoms with Gasteiger partial charge in [-0.05, 0) is 61.7 Å². The summed E-state index contributed by atoms with van der Waals surface area (Å²) >= 11 is 0. The molecule has 1 N–H and O–H groups in total. The highest BCUT2D eigenvalue weighted by Crippen LogP contribution is 2.23. The van der Waals surface area contributed by atoms with Crippen LogP contribution in [-0.2, 0) is 26.2 Å². The minimum absolute atomic E-state index is 0.122. The number of nitrogens with one attached hydrogen (secondary N) is 1. The molecule has 0 aliphatic carbocycles. The number of unbranched alkanes of at least 4 members (excludes halogenated alkanes) is 1. The van der Waals surface area contributed by atoms with Gasteiger partial charge in [-0.25, -0.2) is 8.42 Å². The summed E-state index contributed by atoms with van der Waals surface area (Å²) in [6, 6.07) is 13.0. The van der Waals surface area contributed by atoms with Crippen LogP contribution in [0.5, 0.6) is 11.5 Å². The van der Waals surface area contributed by atoms with Gasteiger partial charge in [0, 0.05) is 13.1 Å². The molecule has 0 unspecified atom stereocenters. The molecule has 0 aliphatic rings. The van der Waals surface area contributed by atoms with Gasteiger partial charge in [0.1, 0.15) is 24.1 Å². The number of amides is 2. The monoisotopic (exact) mass is 533 g/mol. The molecule has 2 rings (SSSR count). The highest BCUT2D eigenvalue weighted by molar-refractivity contribution is 7.92. The van der Waals surface area contributed by atoms with Gasteiger partial charge in [-0.1, -0.05) is 32.4 Å². The maximum absolute atomic E-state index is 13.7. The van der Waals surface area contributed by atoms with E-state index in [-0.39, 0.29) is 12.5 Å². The Bertz CT molecular complexity index is 1120. The number of hydrogen-bond acceptors (Lipinski definition) is 6. The Balaban J connectivity index is 2.40. The van der Waals surface area contributed by atoms with E-state index in [4.69, 9.17) is 9.47 Å². The van der Waals surface area contributed by atoms with Crippen molar-refractivity contribution in [1.82, 2.24) is 10.2 Å². The number of carbonyl (C=O) groups is 2. The summed E-state index contributed by atoms with van der Waals surface area (Å²) in [4.78, 5) is 28.3. The molecule has 2 amide bonds. The van der Waals surface area contributed by atoms with Crippen molar-refractivity contribution in [1.29, 1.82) is 0 Å². The second-order valence-corrected chi connectivity index (χ2v) is 10.5. The van der Waals surface area contributed by atoms with Crippen LogP contribution in [-0.4, -0.2) is 64.2 Å². The minimum Gasteiger partial charge on any atom is -0.497 e. The van der Waals surface area contributed by atoms with Crippen LogP contribution < -0.4 is 19.1 Å². The summed E-state index contributed by atoms with van der Waals surface area (Å²) in [5.74, 6) is 0.469.